The molecule has 0 aromatic carbocycles. The van der Waals surface area contributed by atoms with Crippen molar-refractivity contribution in [2.24, 2.45) is 0 Å². The van der Waals surface area contributed by atoms with E-state index in [1.165, 1.54) is 0 Å². The van der Waals surface area contributed by atoms with Gasteiger partial charge in [0.1, 0.15) is 11.6 Å². The third kappa shape index (κ3) is 2.55. The van der Waals surface area contributed by atoms with Gasteiger partial charge in [-0.3, -0.25) is 4.79 Å². The third-order valence-electron chi connectivity index (χ3n) is 5.19. The number of aromatic nitrogens is 2. The summed E-state index contributed by atoms with van der Waals surface area (Å²) < 4.78 is 11.1. The van der Waals surface area contributed by atoms with E-state index in [2.05, 4.69) is 9.97 Å². The van der Waals surface area contributed by atoms with Gasteiger partial charge in [0.15, 0.2) is 0 Å². The van der Waals surface area contributed by atoms with Gasteiger partial charge in [-0.05, 0) is 32.8 Å². The lowest BCUT2D eigenvalue weighted by Gasteiger charge is -2.23. The Hall–Kier alpha value is -2.08. The predicted octanol–water partition coefficient (Wildman–Crippen LogP) is 3.10. The van der Waals surface area contributed by atoms with Gasteiger partial charge in [0.05, 0.1) is 29.7 Å². The number of H-pyrrole nitrogens is 1. The Balaban J connectivity index is 1.65. The van der Waals surface area contributed by atoms with Crippen molar-refractivity contribution in [3.05, 3.63) is 40.9 Å². The number of furan rings is 1. The van der Waals surface area contributed by atoms with Gasteiger partial charge in [0, 0.05) is 31.7 Å². The molecule has 2 aromatic rings. The Morgan fingerprint density at radius 2 is 2.21 bits per heavy atom. The Labute approximate surface area is 141 Å². The van der Waals surface area contributed by atoms with Crippen LogP contribution in [-0.2, 0) is 4.74 Å². The van der Waals surface area contributed by atoms with Crippen molar-refractivity contribution in [2.75, 3.05) is 13.7 Å². The Morgan fingerprint density at radius 3 is 2.83 bits per heavy atom. The molecule has 24 heavy (non-hydrogen) atoms. The molecule has 2 fully saturated rings. The van der Waals surface area contributed by atoms with E-state index < -0.39 is 0 Å². The van der Waals surface area contributed by atoms with Crippen molar-refractivity contribution in [2.45, 2.75) is 51.2 Å². The van der Waals surface area contributed by atoms with Gasteiger partial charge in [-0.1, -0.05) is 0 Å². The number of ether oxygens (including phenoxy) is 1. The normalized spacial score (nSPS) is 23.9. The highest BCUT2D eigenvalue weighted by Crippen LogP contribution is 2.43. The standard InChI is InChI=1S/C18H23N3O3/c1-10-11(2)20-17(19-10)15-8-13(23-3)9-21(15)18(22)14-6-7-24-16(14)12-4-5-12/h6-7,12-13,15H,4-5,8-9H2,1-3H3,(H,19,20)/t13-,15+/m1/s1. The number of carbonyl (C=O) groups is 1. The van der Waals surface area contributed by atoms with Crippen LogP contribution >= 0.6 is 0 Å². The summed E-state index contributed by atoms with van der Waals surface area (Å²) >= 11 is 0. The smallest absolute Gasteiger partial charge is 0.258 e. The molecule has 1 aliphatic carbocycles. The van der Waals surface area contributed by atoms with E-state index in [1.54, 1.807) is 19.4 Å². The molecule has 0 radical (unpaired) electrons. The summed E-state index contributed by atoms with van der Waals surface area (Å²) in [4.78, 5) is 23.0. The lowest BCUT2D eigenvalue weighted by Crippen LogP contribution is -2.32. The van der Waals surface area contributed by atoms with Crippen LogP contribution in [0.15, 0.2) is 16.7 Å². The van der Waals surface area contributed by atoms with Gasteiger partial charge < -0.3 is 19.0 Å². The van der Waals surface area contributed by atoms with Crippen LogP contribution in [-0.4, -0.2) is 40.5 Å². The minimum absolute atomic E-state index is 0.0157. The summed E-state index contributed by atoms with van der Waals surface area (Å²) in [7, 11) is 1.70. The predicted molar refractivity (Wildman–Crippen MR) is 87.9 cm³/mol. The molecule has 3 heterocycles. The zero-order chi connectivity index (χ0) is 16.8. The first kappa shape index (κ1) is 15.4. The number of methoxy groups -OCH3 is 1. The van der Waals surface area contributed by atoms with Crippen LogP contribution in [0.4, 0.5) is 0 Å². The summed E-state index contributed by atoms with van der Waals surface area (Å²) in [6, 6.07) is 1.71. The molecule has 128 valence electrons. The molecule has 4 rings (SSSR count). The highest BCUT2D eigenvalue weighted by atomic mass is 16.5. The van der Waals surface area contributed by atoms with Crippen molar-refractivity contribution in [1.29, 1.82) is 0 Å². The highest BCUT2D eigenvalue weighted by molar-refractivity contribution is 5.96. The molecule has 1 aliphatic heterocycles. The summed E-state index contributed by atoms with van der Waals surface area (Å²) in [5, 5.41) is 0. The third-order valence-corrected chi connectivity index (χ3v) is 5.19. The molecule has 6 nitrogen and oxygen atoms in total. The van der Waals surface area contributed by atoms with Crippen molar-refractivity contribution in [3.8, 4) is 0 Å². The van der Waals surface area contributed by atoms with Crippen LogP contribution in [0.5, 0.6) is 0 Å². The quantitative estimate of drug-likeness (QED) is 0.935. The molecule has 1 amide bonds. The van der Waals surface area contributed by atoms with Crippen molar-refractivity contribution in [1.82, 2.24) is 14.9 Å². The maximum absolute atomic E-state index is 13.2. The van der Waals surface area contributed by atoms with Gasteiger partial charge in [0.2, 0.25) is 0 Å². The zero-order valence-corrected chi connectivity index (χ0v) is 14.3. The number of hydrogen-bond donors (Lipinski definition) is 1. The first-order chi connectivity index (χ1) is 11.6. The molecule has 2 atom stereocenters. The second-order valence-electron chi connectivity index (χ2n) is 6.87. The van der Waals surface area contributed by atoms with Crippen molar-refractivity contribution in [3.63, 3.8) is 0 Å². The summed E-state index contributed by atoms with van der Waals surface area (Å²) in [5.41, 5.74) is 2.71. The number of aromatic amines is 1. The van der Waals surface area contributed by atoms with Gasteiger partial charge in [-0.25, -0.2) is 4.98 Å². The number of rotatable bonds is 4. The fraction of sp³-hybridized carbons (Fsp3) is 0.556. The maximum Gasteiger partial charge on any atom is 0.258 e. The second-order valence-corrected chi connectivity index (χ2v) is 6.87. The van der Waals surface area contributed by atoms with E-state index in [0.717, 1.165) is 42.2 Å². The number of nitrogens with one attached hydrogen (secondary N) is 1. The molecule has 1 N–H and O–H groups in total. The van der Waals surface area contributed by atoms with Crippen molar-refractivity contribution < 1.29 is 13.9 Å². The molecular weight excluding hydrogens is 306 g/mol. The van der Waals surface area contributed by atoms with E-state index in [0.29, 0.717) is 18.0 Å². The molecule has 2 aromatic heterocycles. The number of amides is 1. The summed E-state index contributed by atoms with van der Waals surface area (Å²) in [5.74, 6) is 2.11. The van der Waals surface area contributed by atoms with Gasteiger partial charge in [0.25, 0.3) is 5.91 Å². The number of hydrogen-bond acceptors (Lipinski definition) is 4. The van der Waals surface area contributed by atoms with Gasteiger partial charge in [-0.15, -0.1) is 0 Å². The van der Waals surface area contributed by atoms with E-state index in [9.17, 15) is 4.79 Å². The number of nitrogens with zero attached hydrogens (tertiary/aromatic N) is 2. The van der Waals surface area contributed by atoms with Crippen LogP contribution in [0, 0.1) is 13.8 Å². The molecule has 2 aliphatic rings. The monoisotopic (exact) mass is 329 g/mol. The van der Waals surface area contributed by atoms with E-state index >= 15 is 0 Å². The highest BCUT2D eigenvalue weighted by Gasteiger charge is 2.41. The molecule has 0 spiro atoms. The van der Waals surface area contributed by atoms with Crippen LogP contribution < -0.4 is 0 Å². The number of carbonyl (C=O) groups excluding carboxylic acids is 1. The fourth-order valence-electron chi connectivity index (χ4n) is 3.50. The fourth-order valence-corrected chi connectivity index (χ4v) is 3.50. The molecule has 1 saturated heterocycles. The largest absolute Gasteiger partial charge is 0.468 e. The van der Waals surface area contributed by atoms with Crippen LogP contribution in [0.2, 0.25) is 0 Å². The Bertz CT molecular complexity index is 740. The minimum Gasteiger partial charge on any atom is -0.468 e. The SMILES string of the molecule is CO[C@@H]1C[C@@H](c2nc(C)c(C)[nH]2)N(C(=O)c2ccoc2C2CC2)C1. The lowest BCUT2D eigenvalue weighted by molar-refractivity contribution is 0.0682. The first-order valence-corrected chi connectivity index (χ1v) is 8.52. The van der Waals surface area contributed by atoms with E-state index in [4.69, 9.17) is 9.15 Å². The first-order valence-electron chi connectivity index (χ1n) is 8.52. The van der Waals surface area contributed by atoms with E-state index in [1.807, 2.05) is 18.7 Å². The molecule has 6 heteroatoms. The average Bonchev–Trinajstić information content (AvgIpc) is 3.01. The zero-order valence-electron chi connectivity index (χ0n) is 14.3. The van der Waals surface area contributed by atoms with Gasteiger partial charge >= 0.3 is 0 Å². The molecule has 0 bridgehead atoms. The summed E-state index contributed by atoms with van der Waals surface area (Å²) in [6.45, 7) is 4.56. The van der Waals surface area contributed by atoms with Crippen LogP contribution in [0.1, 0.15) is 64.6 Å². The van der Waals surface area contributed by atoms with Gasteiger partial charge in [-0.2, -0.15) is 0 Å². The Kier molecular flexibility index (Phi) is 3.72. The second kappa shape index (κ2) is 5.77. The number of imidazole rings is 1. The number of likely N-dealkylation sites (tertiary alicyclic amines) is 1. The molecular formula is C18H23N3O3. The van der Waals surface area contributed by atoms with Crippen LogP contribution in [0.25, 0.3) is 0 Å². The molecule has 1 saturated carbocycles. The number of aryl methyl sites for hydroxylation is 2. The molecule has 0 unspecified atom stereocenters. The lowest BCUT2D eigenvalue weighted by atomic mass is 10.1. The average molecular weight is 329 g/mol. The van der Waals surface area contributed by atoms with Crippen molar-refractivity contribution >= 4 is 5.91 Å². The summed E-state index contributed by atoms with van der Waals surface area (Å²) in [6.07, 6.45) is 4.62. The van der Waals surface area contributed by atoms with Crippen LogP contribution in [0.3, 0.4) is 0 Å². The topological polar surface area (TPSA) is 71.4 Å². The van der Waals surface area contributed by atoms with E-state index in [-0.39, 0.29) is 18.1 Å². The maximum atomic E-state index is 13.2. The minimum atomic E-state index is -0.0863. The Morgan fingerprint density at radius 1 is 1.42 bits per heavy atom.